The van der Waals surface area contributed by atoms with Gasteiger partial charge in [-0.3, -0.25) is 9.69 Å². The number of esters is 1. The van der Waals surface area contributed by atoms with E-state index in [1.54, 1.807) is 0 Å². The molecular formula is C24H36N2O6. The predicted octanol–water partition coefficient (Wildman–Crippen LogP) is 4.73. The molecule has 0 bridgehead atoms. The van der Waals surface area contributed by atoms with Crippen molar-refractivity contribution < 1.29 is 29.0 Å². The van der Waals surface area contributed by atoms with Crippen molar-refractivity contribution in [1.82, 2.24) is 9.80 Å². The summed E-state index contributed by atoms with van der Waals surface area (Å²) in [6.45, 7) is 7.64. The van der Waals surface area contributed by atoms with Gasteiger partial charge in [-0.05, 0) is 30.7 Å². The summed E-state index contributed by atoms with van der Waals surface area (Å²) in [5.74, 6) is -0.587. The Bertz CT molecular complexity index is 754. The molecule has 0 aromatic heterocycles. The van der Waals surface area contributed by atoms with E-state index in [1.165, 1.54) is 4.90 Å². The molecule has 8 nitrogen and oxygen atoms in total. The van der Waals surface area contributed by atoms with Crippen molar-refractivity contribution in [3.8, 4) is 0 Å². The molecule has 32 heavy (non-hydrogen) atoms. The van der Waals surface area contributed by atoms with Gasteiger partial charge in [0.05, 0.1) is 5.92 Å². The van der Waals surface area contributed by atoms with E-state index in [0.29, 0.717) is 12.8 Å². The Labute approximate surface area is 190 Å². The molecule has 3 unspecified atom stereocenters. The van der Waals surface area contributed by atoms with E-state index >= 15 is 0 Å². The van der Waals surface area contributed by atoms with Gasteiger partial charge in [-0.1, -0.05) is 70.9 Å². The lowest BCUT2D eigenvalue weighted by atomic mass is 9.99. The Morgan fingerprint density at radius 3 is 2.47 bits per heavy atom. The maximum Gasteiger partial charge on any atom is 0.415 e. The number of ether oxygens (including phenoxy) is 2. The number of benzene rings is 1. The molecule has 1 saturated heterocycles. The van der Waals surface area contributed by atoms with E-state index in [4.69, 9.17) is 9.47 Å². The van der Waals surface area contributed by atoms with E-state index < -0.39 is 24.5 Å². The lowest BCUT2D eigenvalue weighted by Gasteiger charge is -2.30. The summed E-state index contributed by atoms with van der Waals surface area (Å²) < 4.78 is 11.4. The summed E-state index contributed by atoms with van der Waals surface area (Å²) >= 11 is 0. The fraction of sp³-hybridized carbons (Fsp3) is 0.625. The summed E-state index contributed by atoms with van der Waals surface area (Å²) in [4.78, 5) is 39.8. The third kappa shape index (κ3) is 6.95. The van der Waals surface area contributed by atoms with Crippen LogP contribution in [0.4, 0.5) is 9.59 Å². The monoisotopic (exact) mass is 448 g/mol. The van der Waals surface area contributed by atoms with Crippen LogP contribution in [-0.4, -0.2) is 58.6 Å². The lowest BCUT2D eigenvalue weighted by Crippen LogP contribution is -2.51. The van der Waals surface area contributed by atoms with Crippen LogP contribution in [0.3, 0.4) is 0 Å². The Morgan fingerprint density at radius 1 is 1.22 bits per heavy atom. The smallest absolute Gasteiger partial charge is 0.415 e. The second-order valence-corrected chi connectivity index (χ2v) is 8.64. The first-order valence-corrected chi connectivity index (χ1v) is 11.4. The van der Waals surface area contributed by atoms with Crippen molar-refractivity contribution >= 4 is 18.1 Å². The first kappa shape index (κ1) is 25.6. The molecule has 178 valence electrons. The number of unbranched alkanes of at least 4 members (excludes halogenated alkanes) is 1. The van der Waals surface area contributed by atoms with Gasteiger partial charge in [0.25, 0.3) is 0 Å². The molecule has 1 aromatic rings. The van der Waals surface area contributed by atoms with E-state index in [-0.39, 0.29) is 31.1 Å². The van der Waals surface area contributed by atoms with Gasteiger partial charge in [0.2, 0.25) is 6.29 Å². The molecule has 0 radical (unpaired) electrons. The number of hydrogen-bond donors (Lipinski definition) is 1. The van der Waals surface area contributed by atoms with Gasteiger partial charge in [-0.2, -0.15) is 0 Å². The highest BCUT2D eigenvalue weighted by molar-refractivity contribution is 5.90. The van der Waals surface area contributed by atoms with Gasteiger partial charge < -0.3 is 14.6 Å². The Hall–Kier alpha value is -2.61. The van der Waals surface area contributed by atoms with Gasteiger partial charge in [-0.15, -0.1) is 0 Å². The van der Waals surface area contributed by atoms with Crippen LogP contribution >= 0.6 is 0 Å². The standard InChI is InChI=1S/C24H36N2O6/c1-5-7-13-19(6-2)21(27)32-22-20(14-18-11-9-8-10-12-18)26(16-31-22)23(28)25(24(29)30)15-17(3)4/h8-12,17,19-20,22H,5-7,13-16H2,1-4H3,(H,29,30). The Balaban J connectivity index is 2.23. The molecule has 1 aliphatic rings. The molecule has 3 atom stereocenters. The molecule has 0 spiro atoms. The highest BCUT2D eigenvalue weighted by Crippen LogP contribution is 2.26. The third-order valence-electron chi connectivity index (χ3n) is 5.60. The normalized spacial score (nSPS) is 19.1. The molecular weight excluding hydrogens is 412 g/mol. The molecule has 0 saturated carbocycles. The zero-order valence-electron chi connectivity index (χ0n) is 19.5. The molecule has 0 aliphatic carbocycles. The van der Waals surface area contributed by atoms with Crippen molar-refractivity contribution in [2.45, 2.75) is 72.1 Å². The van der Waals surface area contributed by atoms with E-state index in [9.17, 15) is 19.5 Å². The highest BCUT2D eigenvalue weighted by Gasteiger charge is 2.43. The summed E-state index contributed by atoms with van der Waals surface area (Å²) in [5.41, 5.74) is 0.936. The van der Waals surface area contributed by atoms with Gasteiger partial charge in [-0.25, -0.2) is 14.5 Å². The SMILES string of the molecule is CCCCC(CC)C(=O)OC1OCN(C(=O)N(CC(C)C)C(=O)O)C1Cc1ccccc1. The number of rotatable bonds is 10. The fourth-order valence-corrected chi connectivity index (χ4v) is 3.79. The number of imide groups is 1. The van der Waals surface area contributed by atoms with Crippen molar-refractivity contribution in [3.63, 3.8) is 0 Å². The number of nitrogens with zero attached hydrogens (tertiary/aromatic N) is 2. The van der Waals surface area contributed by atoms with Crippen molar-refractivity contribution in [2.75, 3.05) is 13.3 Å². The molecule has 1 aliphatic heterocycles. The summed E-state index contributed by atoms with van der Waals surface area (Å²) in [5, 5.41) is 9.58. The topological polar surface area (TPSA) is 96.4 Å². The molecule has 8 heteroatoms. The summed E-state index contributed by atoms with van der Waals surface area (Å²) in [7, 11) is 0. The number of carboxylic acid groups (broad SMARTS) is 1. The third-order valence-corrected chi connectivity index (χ3v) is 5.60. The minimum absolute atomic E-state index is 0.0244. The highest BCUT2D eigenvalue weighted by atomic mass is 16.7. The second-order valence-electron chi connectivity index (χ2n) is 8.64. The van der Waals surface area contributed by atoms with E-state index in [0.717, 1.165) is 29.7 Å². The van der Waals surface area contributed by atoms with E-state index in [1.807, 2.05) is 51.1 Å². The minimum atomic E-state index is -1.31. The summed E-state index contributed by atoms with van der Waals surface area (Å²) in [6, 6.07) is 8.22. The molecule has 3 amide bonds. The number of carbonyl (C=O) groups excluding carboxylic acids is 2. The molecule has 1 heterocycles. The van der Waals surface area contributed by atoms with Gasteiger partial charge in [0.15, 0.2) is 0 Å². The van der Waals surface area contributed by atoms with Crippen LogP contribution in [0.15, 0.2) is 30.3 Å². The lowest BCUT2D eigenvalue weighted by molar-refractivity contribution is -0.177. The van der Waals surface area contributed by atoms with Gasteiger partial charge >= 0.3 is 18.1 Å². The maximum atomic E-state index is 13.1. The van der Waals surface area contributed by atoms with Crippen LogP contribution in [0, 0.1) is 11.8 Å². The summed E-state index contributed by atoms with van der Waals surface area (Å²) in [6.07, 6.45) is 1.45. The molecule has 1 aromatic carbocycles. The maximum absolute atomic E-state index is 13.1. The van der Waals surface area contributed by atoms with Crippen molar-refractivity contribution in [1.29, 1.82) is 0 Å². The van der Waals surface area contributed by atoms with Gasteiger partial charge in [0.1, 0.15) is 12.8 Å². The van der Waals surface area contributed by atoms with Crippen LogP contribution in [0.5, 0.6) is 0 Å². The van der Waals surface area contributed by atoms with Crippen LogP contribution in [0.2, 0.25) is 0 Å². The Kier molecular flexibility index (Phi) is 9.97. The van der Waals surface area contributed by atoms with Crippen LogP contribution < -0.4 is 0 Å². The fourth-order valence-electron chi connectivity index (χ4n) is 3.79. The van der Waals surface area contributed by atoms with Crippen molar-refractivity contribution in [3.05, 3.63) is 35.9 Å². The predicted molar refractivity (Wildman–Crippen MR) is 120 cm³/mol. The number of carbonyl (C=O) groups is 3. The van der Waals surface area contributed by atoms with Crippen LogP contribution in [-0.2, 0) is 20.7 Å². The molecule has 2 rings (SSSR count). The molecule has 1 N–H and O–H groups in total. The average molecular weight is 449 g/mol. The zero-order chi connectivity index (χ0) is 23.7. The number of hydrogen-bond acceptors (Lipinski definition) is 5. The van der Waals surface area contributed by atoms with Crippen LogP contribution in [0.25, 0.3) is 0 Å². The first-order valence-electron chi connectivity index (χ1n) is 11.4. The minimum Gasteiger partial charge on any atom is -0.465 e. The first-order chi connectivity index (χ1) is 15.3. The zero-order valence-corrected chi connectivity index (χ0v) is 19.5. The molecule has 1 fully saturated rings. The quantitative estimate of drug-likeness (QED) is 0.520. The Morgan fingerprint density at radius 2 is 1.91 bits per heavy atom. The van der Waals surface area contributed by atoms with Crippen LogP contribution in [0.1, 0.15) is 58.9 Å². The largest absolute Gasteiger partial charge is 0.465 e. The average Bonchev–Trinajstić information content (AvgIpc) is 3.14. The number of urea groups is 1. The van der Waals surface area contributed by atoms with Crippen molar-refractivity contribution in [2.24, 2.45) is 11.8 Å². The second kappa shape index (κ2) is 12.4. The number of amides is 3. The van der Waals surface area contributed by atoms with E-state index in [2.05, 4.69) is 6.92 Å². The van der Waals surface area contributed by atoms with Gasteiger partial charge in [0, 0.05) is 6.54 Å².